The Kier molecular flexibility index (Phi) is 7.16. The van der Waals surface area contributed by atoms with Gasteiger partial charge in [-0.25, -0.2) is 9.97 Å². The average molecular weight is 368 g/mol. The van der Waals surface area contributed by atoms with Crippen LogP contribution in [0.5, 0.6) is 0 Å². The van der Waals surface area contributed by atoms with Crippen LogP contribution in [0.25, 0.3) is 11.1 Å². The molecule has 3 rings (SSSR count). The smallest absolute Gasteiger partial charge is 0.251 e. The van der Waals surface area contributed by atoms with Crippen LogP contribution in [0.3, 0.4) is 0 Å². The first-order valence-electron chi connectivity index (χ1n) is 9.72. The van der Waals surface area contributed by atoms with Crippen LogP contribution in [0.15, 0.2) is 36.7 Å². The predicted molar refractivity (Wildman–Crippen MR) is 107 cm³/mol. The molecule has 0 atom stereocenters. The van der Waals surface area contributed by atoms with E-state index in [1.54, 1.807) is 7.11 Å². The molecule has 2 N–H and O–H groups in total. The average Bonchev–Trinajstić information content (AvgIpc) is 2.72. The molecule has 0 unspecified atom stereocenters. The van der Waals surface area contributed by atoms with Gasteiger partial charge in [-0.3, -0.25) is 4.79 Å². The Hall–Kier alpha value is -2.47. The lowest BCUT2D eigenvalue weighted by molar-refractivity contribution is 0.0948. The molecule has 1 fully saturated rings. The van der Waals surface area contributed by atoms with Crippen LogP contribution in [-0.4, -0.2) is 42.2 Å². The third-order valence-electron chi connectivity index (χ3n) is 4.88. The number of ether oxygens (including phenoxy) is 1. The van der Waals surface area contributed by atoms with Crippen molar-refractivity contribution in [2.45, 2.75) is 44.6 Å². The normalized spacial score (nSPS) is 14.7. The van der Waals surface area contributed by atoms with Gasteiger partial charge in [-0.1, -0.05) is 31.4 Å². The first-order chi connectivity index (χ1) is 13.3. The van der Waals surface area contributed by atoms with E-state index in [1.807, 2.05) is 36.7 Å². The van der Waals surface area contributed by atoms with E-state index in [-0.39, 0.29) is 5.91 Å². The summed E-state index contributed by atoms with van der Waals surface area (Å²) in [6.07, 6.45) is 10.7. The SMILES string of the molecule is COCCCNC(=O)c1ccc(-c2cnc(NC3CCCCC3)nc2)cc1. The molecular weight excluding hydrogens is 340 g/mol. The minimum Gasteiger partial charge on any atom is -0.385 e. The Morgan fingerprint density at radius 2 is 1.78 bits per heavy atom. The van der Waals surface area contributed by atoms with Crippen molar-refractivity contribution in [3.05, 3.63) is 42.2 Å². The second-order valence-electron chi connectivity index (χ2n) is 6.95. The van der Waals surface area contributed by atoms with Crippen LogP contribution in [0.1, 0.15) is 48.9 Å². The lowest BCUT2D eigenvalue weighted by Gasteiger charge is -2.22. The number of nitrogens with zero attached hydrogens (tertiary/aromatic N) is 2. The number of methoxy groups -OCH3 is 1. The molecule has 1 aliphatic rings. The van der Waals surface area contributed by atoms with Crippen molar-refractivity contribution in [1.29, 1.82) is 0 Å². The van der Waals surface area contributed by atoms with E-state index in [1.165, 1.54) is 32.1 Å². The van der Waals surface area contributed by atoms with Crippen molar-refractivity contribution >= 4 is 11.9 Å². The quantitative estimate of drug-likeness (QED) is 0.696. The van der Waals surface area contributed by atoms with Crippen molar-refractivity contribution in [1.82, 2.24) is 15.3 Å². The Labute approximate surface area is 160 Å². The third-order valence-corrected chi connectivity index (χ3v) is 4.88. The van der Waals surface area contributed by atoms with Crippen LogP contribution < -0.4 is 10.6 Å². The standard InChI is InChI=1S/C21H28N4O2/c1-27-13-5-12-22-20(26)17-10-8-16(9-11-17)18-14-23-21(24-15-18)25-19-6-3-2-4-7-19/h8-11,14-15,19H,2-7,12-13H2,1H3,(H,22,26)(H,23,24,25). The van der Waals surface area contributed by atoms with Gasteiger partial charge in [0, 0.05) is 49.8 Å². The Morgan fingerprint density at radius 3 is 2.44 bits per heavy atom. The summed E-state index contributed by atoms with van der Waals surface area (Å²) in [5.74, 6) is 0.624. The minimum atomic E-state index is -0.0686. The number of anilines is 1. The molecule has 1 heterocycles. The monoisotopic (exact) mass is 368 g/mol. The second-order valence-corrected chi connectivity index (χ2v) is 6.95. The van der Waals surface area contributed by atoms with Crippen molar-refractivity contribution < 1.29 is 9.53 Å². The third kappa shape index (κ3) is 5.76. The summed E-state index contributed by atoms with van der Waals surface area (Å²) in [4.78, 5) is 21.0. The molecule has 144 valence electrons. The van der Waals surface area contributed by atoms with E-state index in [0.717, 1.165) is 17.5 Å². The Bertz CT molecular complexity index is 710. The zero-order valence-corrected chi connectivity index (χ0v) is 15.9. The Balaban J connectivity index is 1.55. The molecule has 1 aliphatic carbocycles. The van der Waals surface area contributed by atoms with Gasteiger partial charge in [0.15, 0.2) is 0 Å². The van der Waals surface area contributed by atoms with Gasteiger partial charge in [0.2, 0.25) is 5.95 Å². The van der Waals surface area contributed by atoms with E-state index < -0.39 is 0 Å². The van der Waals surface area contributed by atoms with Crippen LogP contribution in [-0.2, 0) is 4.74 Å². The highest BCUT2D eigenvalue weighted by Gasteiger charge is 2.14. The summed E-state index contributed by atoms with van der Waals surface area (Å²) in [6, 6.07) is 8.00. The second kappa shape index (κ2) is 10.0. The number of amides is 1. The van der Waals surface area contributed by atoms with Crippen LogP contribution >= 0.6 is 0 Å². The summed E-state index contributed by atoms with van der Waals surface area (Å²) >= 11 is 0. The molecule has 0 radical (unpaired) electrons. The highest BCUT2D eigenvalue weighted by Crippen LogP contribution is 2.22. The van der Waals surface area contributed by atoms with E-state index >= 15 is 0 Å². The van der Waals surface area contributed by atoms with Crippen molar-refractivity contribution in [2.24, 2.45) is 0 Å². The van der Waals surface area contributed by atoms with Crippen LogP contribution in [0.4, 0.5) is 5.95 Å². The molecule has 0 saturated heterocycles. The summed E-state index contributed by atoms with van der Waals surface area (Å²) in [6.45, 7) is 1.25. The summed E-state index contributed by atoms with van der Waals surface area (Å²) in [7, 11) is 1.66. The van der Waals surface area contributed by atoms with E-state index in [2.05, 4.69) is 20.6 Å². The minimum absolute atomic E-state index is 0.0686. The number of hydrogen-bond donors (Lipinski definition) is 2. The molecule has 1 amide bonds. The summed E-state index contributed by atoms with van der Waals surface area (Å²) < 4.78 is 4.98. The molecule has 2 aromatic rings. The van der Waals surface area contributed by atoms with Gasteiger partial charge in [-0.2, -0.15) is 0 Å². The first kappa shape index (κ1) is 19.3. The fourth-order valence-electron chi connectivity index (χ4n) is 3.32. The molecule has 6 heteroatoms. The molecule has 1 aromatic heterocycles. The highest BCUT2D eigenvalue weighted by molar-refractivity contribution is 5.94. The largest absolute Gasteiger partial charge is 0.385 e. The van der Waals surface area contributed by atoms with E-state index in [9.17, 15) is 4.79 Å². The number of carbonyl (C=O) groups is 1. The zero-order chi connectivity index (χ0) is 18.9. The lowest BCUT2D eigenvalue weighted by atomic mass is 9.96. The van der Waals surface area contributed by atoms with Crippen molar-refractivity contribution in [2.75, 3.05) is 25.6 Å². The number of carbonyl (C=O) groups excluding carboxylic acids is 1. The lowest BCUT2D eigenvalue weighted by Crippen LogP contribution is -2.25. The fourth-order valence-corrected chi connectivity index (χ4v) is 3.32. The highest BCUT2D eigenvalue weighted by atomic mass is 16.5. The number of hydrogen-bond acceptors (Lipinski definition) is 5. The molecule has 0 spiro atoms. The molecule has 1 aromatic carbocycles. The molecule has 0 aliphatic heterocycles. The fraction of sp³-hybridized carbons (Fsp3) is 0.476. The molecule has 6 nitrogen and oxygen atoms in total. The Morgan fingerprint density at radius 1 is 1.07 bits per heavy atom. The first-order valence-corrected chi connectivity index (χ1v) is 9.72. The zero-order valence-electron chi connectivity index (χ0n) is 15.9. The number of benzene rings is 1. The molecular formula is C21H28N4O2. The number of nitrogens with one attached hydrogen (secondary N) is 2. The van der Waals surface area contributed by atoms with Gasteiger partial charge >= 0.3 is 0 Å². The van der Waals surface area contributed by atoms with Gasteiger partial charge in [-0.05, 0) is 37.0 Å². The maximum atomic E-state index is 12.1. The van der Waals surface area contributed by atoms with Gasteiger partial charge in [0.05, 0.1) is 0 Å². The van der Waals surface area contributed by atoms with E-state index in [4.69, 9.17) is 4.74 Å². The van der Waals surface area contributed by atoms with Crippen LogP contribution in [0, 0.1) is 0 Å². The maximum Gasteiger partial charge on any atom is 0.251 e. The van der Waals surface area contributed by atoms with Gasteiger partial charge in [0.25, 0.3) is 5.91 Å². The summed E-state index contributed by atoms with van der Waals surface area (Å²) in [5.41, 5.74) is 2.58. The number of rotatable bonds is 8. The topological polar surface area (TPSA) is 76.1 Å². The van der Waals surface area contributed by atoms with Gasteiger partial charge < -0.3 is 15.4 Å². The molecule has 1 saturated carbocycles. The van der Waals surface area contributed by atoms with E-state index in [0.29, 0.717) is 30.7 Å². The molecule has 27 heavy (non-hydrogen) atoms. The molecule has 0 bridgehead atoms. The van der Waals surface area contributed by atoms with Crippen molar-refractivity contribution in [3.8, 4) is 11.1 Å². The van der Waals surface area contributed by atoms with Gasteiger partial charge in [-0.15, -0.1) is 0 Å². The number of aromatic nitrogens is 2. The van der Waals surface area contributed by atoms with Crippen LogP contribution in [0.2, 0.25) is 0 Å². The maximum absolute atomic E-state index is 12.1. The van der Waals surface area contributed by atoms with Crippen molar-refractivity contribution in [3.63, 3.8) is 0 Å². The predicted octanol–water partition coefficient (Wildman–Crippen LogP) is 3.65. The van der Waals surface area contributed by atoms with Gasteiger partial charge in [0.1, 0.15) is 0 Å². The summed E-state index contributed by atoms with van der Waals surface area (Å²) in [5, 5.41) is 6.32.